The van der Waals surface area contributed by atoms with E-state index in [1.807, 2.05) is 12.1 Å². The summed E-state index contributed by atoms with van der Waals surface area (Å²) in [5, 5.41) is 9.24. The van der Waals surface area contributed by atoms with Gasteiger partial charge in [0.1, 0.15) is 6.07 Å². The number of nitrogens with two attached hydrogens (primary N) is 1. The fourth-order valence-corrected chi connectivity index (χ4v) is 2.92. The molecule has 0 saturated heterocycles. The Hall–Kier alpha value is -1.69. The van der Waals surface area contributed by atoms with Gasteiger partial charge in [0.2, 0.25) is 0 Å². The highest BCUT2D eigenvalue weighted by Crippen LogP contribution is 2.38. The highest BCUT2D eigenvalue weighted by Gasteiger charge is 2.29. The zero-order valence-electron chi connectivity index (χ0n) is 12.1. The molecule has 0 bridgehead atoms. The van der Waals surface area contributed by atoms with Crippen molar-refractivity contribution >= 4 is 11.4 Å². The lowest BCUT2D eigenvalue weighted by molar-refractivity contribution is 0.222. The molecular weight excluding hydrogens is 234 g/mol. The summed E-state index contributed by atoms with van der Waals surface area (Å²) in [6.07, 6.45) is 4.88. The predicted molar refractivity (Wildman–Crippen MR) is 80.0 cm³/mol. The van der Waals surface area contributed by atoms with Crippen molar-refractivity contribution in [3.05, 3.63) is 23.8 Å². The number of nitrogen functional groups attached to an aromatic ring is 1. The quantitative estimate of drug-likeness (QED) is 0.824. The Morgan fingerprint density at radius 3 is 2.53 bits per heavy atom. The van der Waals surface area contributed by atoms with Crippen LogP contribution in [0.4, 0.5) is 11.4 Å². The minimum atomic E-state index is 0.469. The van der Waals surface area contributed by atoms with Gasteiger partial charge in [-0.15, -0.1) is 0 Å². The van der Waals surface area contributed by atoms with E-state index in [9.17, 15) is 5.26 Å². The molecular formula is C16H23N3. The van der Waals surface area contributed by atoms with E-state index >= 15 is 0 Å². The molecule has 0 aromatic heterocycles. The summed E-state index contributed by atoms with van der Waals surface area (Å²) >= 11 is 0. The summed E-state index contributed by atoms with van der Waals surface area (Å²) < 4.78 is 0. The van der Waals surface area contributed by atoms with Crippen LogP contribution in [0.3, 0.4) is 0 Å². The van der Waals surface area contributed by atoms with Gasteiger partial charge in [0.15, 0.2) is 0 Å². The summed E-state index contributed by atoms with van der Waals surface area (Å²) in [5.41, 5.74) is 8.54. The first-order valence-electron chi connectivity index (χ1n) is 6.95. The van der Waals surface area contributed by atoms with E-state index in [4.69, 9.17) is 5.73 Å². The molecule has 19 heavy (non-hydrogen) atoms. The van der Waals surface area contributed by atoms with Crippen LogP contribution < -0.4 is 10.6 Å². The monoisotopic (exact) mass is 257 g/mol. The van der Waals surface area contributed by atoms with Crippen LogP contribution in [0, 0.1) is 16.7 Å². The van der Waals surface area contributed by atoms with E-state index in [0.717, 1.165) is 5.69 Å². The molecule has 102 valence electrons. The fraction of sp³-hybridized carbons (Fsp3) is 0.562. The zero-order chi connectivity index (χ0) is 14.0. The van der Waals surface area contributed by atoms with Crippen LogP contribution in [0.5, 0.6) is 0 Å². The third-order valence-electron chi connectivity index (χ3n) is 4.38. The third kappa shape index (κ3) is 3.01. The first kappa shape index (κ1) is 13.7. The van der Waals surface area contributed by atoms with Gasteiger partial charge < -0.3 is 10.6 Å². The van der Waals surface area contributed by atoms with E-state index in [1.54, 1.807) is 6.07 Å². The highest BCUT2D eigenvalue weighted by molar-refractivity contribution is 5.64. The first-order chi connectivity index (χ1) is 8.93. The smallest absolute Gasteiger partial charge is 0.101 e. The summed E-state index contributed by atoms with van der Waals surface area (Å²) in [6, 6.07) is 8.39. The minimum Gasteiger partial charge on any atom is -0.399 e. The van der Waals surface area contributed by atoms with Crippen molar-refractivity contribution < 1.29 is 0 Å². The van der Waals surface area contributed by atoms with Gasteiger partial charge in [-0.25, -0.2) is 0 Å². The number of anilines is 2. The molecule has 1 aromatic rings. The molecule has 0 spiro atoms. The maximum Gasteiger partial charge on any atom is 0.101 e. The van der Waals surface area contributed by atoms with Crippen LogP contribution in [-0.4, -0.2) is 13.1 Å². The number of nitriles is 1. The molecule has 1 aliphatic carbocycles. The molecule has 3 heteroatoms. The molecule has 0 radical (unpaired) electrons. The molecule has 0 atom stereocenters. The molecule has 0 aliphatic heterocycles. The lowest BCUT2D eigenvalue weighted by atomic mass is 9.75. The Morgan fingerprint density at radius 1 is 1.32 bits per heavy atom. The summed E-state index contributed by atoms with van der Waals surface area (Å²) in [5.74, 6) is 0. The summed E-state index contributed by atoms with van der Waals surface area (Å²) in [7, 11) is 2.09. The Bertz CT molecular complexity index is 489. The van der Waals surface area contributed by atoms with Gasteiger partial charge in [-0.3, -0.25) is 0 Å². The number of rotatable bonds is 2. The first-order valence-corrected chi connectivity index (χ1v) is 6.95. The average molecular weight is 257 g/mol. The molecule has 0 heterocycles. The van der Waals surface area contributed by atoms with Crippen molar-refractivity contribution in [2.75, 3.05) is 17.7 Å². The number of hydrogen-bond acceptors (Lipinski definition) is 3. The van der Waals surface area contributed by atoms with E-state index in [2.05, 4.69) is 31.9 Å². The number of hydrogen-bond donors (Lipinski definition) is 1. The second kappa shape index (κ2) is 5.13. The van der Waals surface area contributed by atoms with E-state index in [1.165, 1.54) is 25.7 Å². The number of nitrogens with zero attached hydrogens (tertiary/aromatic N) is 2. The lowest BCUT2D eigenvalue weighted by Crippen LogP contribution is -2.37. The predicted octanol–water partition coefficient (Wildman–Crippen LogP) is 3.55. The van der Waals surface area contributed by atoms with Gasteiger partial charge in [0.05, 0.1) is 11.3 Å². The topological polar surface area (TPSA) is 53.0 Å². The van der Waals surface area contributed by atoms with Gasteiger partial charge in [0, 0.05) is 18.8 Å². The molecule has 1 fully saturated rings. The molecule has 2 rings (SSSR count). The van der Waals surface area contributed by atoms with Crippen molar-refractivity contribution in [3.8, 4) is 6.07 Å². The van der Waals surface area contributed by atoms with E-state index in [0.29, 0.717) is 22.7 Å². The Kier molecular flexibility index (Phi) is 3.71. The van der Waals surface area contributed by atoms with Crippen molar-refractivity contribution in [2.45, 2.75) is 45.6 Å². The van der Waals surface area contributed by atoms with Crippen LogP contribution in [0.2, 0.25) is 0 Å². The Labute approximate surface area is 116 Å². The van der Waals surface area contributed by atoms with Crippen molar-refractivity contribution in [2.24, 2.45) is 5.41 Å². The summed E-state index contributed by atoms with van der Waals surface area (Å²) in [4.78, 5) is 2.26. The van der Waals surface area contributed by atoms with Crippen LogP contribution in [0.25, 0.3) is 0 Å². The second-order valence-electron chi connectivity index (χ2n) is 6.39. The zero-order valence-corrected chi connectivity index (χ0v) is 12.1. The molecule has 1 aliphatic rings. The second-order valence-corrected chi connectivity index (χ2v) is 6.39. The molecule has 0 amide bonds. The lowest BCUT2D eigenvalue weighted by Gasteiger charge is -2.39. The van der Waals surface area contributed by atoms with E-state index in [-0.39, 0.29) is 0 Å². The molecule has 1 saturated carbocycles. The van der Waals surface area contributed by atoms with Gasteiger partial charge in [-0.2, -0.15) is 5.26 Å². The Balaban J connectivity index is 2.17. The van der Waals surface area contributed by atoms with Crippen LogP contribution >= 0.6 is 0 Å². The molecule has 1 aromatic carbocycles. The largest absolute Gasteiger partial charge is 0.399 e. The average Bonchev–Trinajstić information content (AvgIpc) is 2.37. The minimum absolute atomic E-state index is 0.469. The third-order valence-corrected chi connectivity index (χ3v) is 4.38. The van der Waals surface area contributed by atoms with Crippen LogP contribution in [0.15, 0.2) is 18.2 Å². The van der Waals surface area contributed by atoms with Crippen molar-refractivity contribution in [1.29, 1.82) is 5.26 Å². The molecule has 0 unspecified atom stereocenters. The highest BCUT2D eigenvalue weighted by atomic mass is 15.1. The van der Waals surface area contributed by atoms with E-state index < -0.39 is 0 Å². The fourth-order valence-electron chi connectivity index (χ4n) is 2.92. The normalized spacial score (nSPS) is 18.8. The molecule has 3 nitrogen and oxygen atoms in total. The number of benzene rings is 1. The van der Waals surface area contributed by atoms with Gasteiger partial charge in [-0.05, 0) is 49.3 Å². The van der Waals surface area contributed by atoms with Crippen molar-refractivity contribution in [1.82, 2.24) is 0 Å². The molecule has 2 N–H and O–H groups in total. The maximum atomic E-state index is 9.24. The standard InChI is InChI=1S/C16H23N3/c1-16(2)8-6-14(7-9-16)19(3)15-5-4-13(18)10-12(15)11-17/h4-5,10,14H,6-9,18H2,1-3H3. The SMILES string of the molecule is CN(c1ccc(N)cc1C#N)C1CCC(C)(C)CC1. The van der Waals surface area contributed by atoms with Gasteiger partial charge in [-0.1, -0.05) is 13.8 Å². The van der Waals surface area contributed by atoms with Gasteiger partial charge >= 0.3 is 0 Å². The van der Waals surface area contributed by atoms with Crippen LogP contribution in [0.1, 0.15) is 45.1 Å². The summed E-state index contributed by atoms with van der Waals surface area (Å²) in [6.45, 7) is 4.68. The maximum absolute atomic E-state index is 9.24. The van der Waals surface area contributed by atoms with Crippen molar-refractivity contribution in [3.63, 3.8) is 0 Å². The Morgan fingerprint density at radius 2 is 1.95 bits per heavy atom. The van der Waals surface area contributed by atoms with Crippen LogP contribution in [-0.2, 0) is 0 Å². The van der Waals surface area contributed by atoms with Gasteiger partial charge in [0.25, 0.3) is 0 Å².